The number of rotatable bonds is 8. The van der Waals surface area contributed by atoms with Crippen molar-refractivity contribution in [3.8, 4) is 0 Å². The lowest BCUT2D eigenvalue weighted by Crippen LogP contribution is -2.38. The Morgan fingerprint density at radius 1 is 1.10 bits per heavy atom. The van der Waals surface area contributed by atoms with Crippen LogP contribution in [0.4, 0.5) is 0 Å². The van der Waals surface area contributed by atoms with Crippen LogP contribution < -0.4 is 10.6 Å². The molecule has 0 bridgehead atoms. The second-order valence-electron chi connectivity index (χ2n) is 8.40. The molecular formula is C23H32N4O3. The Balaban J connectivity index is 1.36. The smallest absolute Gasteiger partial charge is 0.249 e. The molecule has 1 unspecified atom stereocenters. The molecule has 1 aliphatic heterocycles. The molecule has 1 aromatic heterocycles. The van der Waals surface area contributed by atoms with Crippen molar-refractivity contribution >= 4 is 22.8 Å². The maximum Gasteiger partial charge on any atom is 0.249 e. The minimum absolute atomic E-state index is 0.0205. The number of ether oxygens (including phenoxy) is 1. The predicted octanol–water partition coefficient (Wildman–Crippen LogP) is 2.71. The minimum atomic E-state index is -0.293. The fraction of sp³-hybridized carbons (Fsp3) is 0.609. The van der Waals surface area contributed by atoms with E-state index in [0.717, 1.165) is 49.0 Å². The number of fused-ring (bicyclic) bond motifs is 1. The van der Waals surface area contributed by atoms with Gasteiger partial charge < -0.3 is 19.9 Å². The van der Waals surface area contributed by atoms with E-state index in [9.17, 15) is 9.59 Å². The first-order chi connectivity index (χ1) is 14.7. The molecule has 4 rings (SSSR count). The average molecular weight is 413 g/mol. The van der Waals surface area contributed by atoms with Crippen LogP contribution in [0.5, 0.6) is 0 Å². The molecule has 7 nitrogen and oxygen atoms in total. The number of amides is 2. The zero-order chi connectivity index (χ0) is 20.8. The van der Waals surface area contributed by atoms with E-state index in [0.29, 0.717) is 25.6 Å². The second-order valence-corrected chi connectivity index (χ2v) is 8.40. The lowest BCUT2D eigenvalue weighted by molar-refractivity contribution is -0.130. The number of carbonyl (C=O) groups is 2. The summed E-state index contributed by atoms with van der Waals surface area (Å²) in [5, 5.41) is 6.17. The summed E-state index contributed by atoms with van der Waals surface area (Å²) in [5.74, 6) is 0.923. The third-order valence-electron chi connectivity index (χ3n) is 6.10. The normalized spacial score (nSPS) is 19.8. The highest BCUT2D eigenvalue weighted by molar-refractivity contribution is 5.81. The number of nitrogens with zero attached hydrogens (tertiary/aromatic N) is 2. The summed E-state index contributed by atoms with van der Waals surface area (Å²) in [6, 6.07) is 8.24. The van der Waals surface area contributed by atoms with Crippen LogP contribution in [0.15, 0.2) is 24.3 Å². The van der Waals surface area contributed by atoms with Gasteiger partial charge in [0.15, 0.2) is 0 Å². The molecule has 162 valence electrons. The number of hydrogen-bond donors (Lipinski definition) is 2. The molecule has 2 amide bonds. The van der Waals surface area contributed by atoms with Gasteiger partial charge in [-0.25, -0.2) is 4.98 Å². The SMILES string of the molecule is O=C(Cn1c(CCCNC(=O)C2CCCO2)nc2ccccc21)NC1CCCCC1. The van der Waals surface area contributed by atoms with Crippen LogP contribution in [0, 0.1) is 0 Å². The van der Waals surface area contributed by atoms with E-state index < -0.39 is 0 Å². The van der Waals surface area contributed by atoms with Gasteiger partial charge in [0.2, 0.25) is 11.8 Å². The standard InChI is InChI=1S/C23H32N4O3/c28-22(25-17-8-2-1-3-9-17)16-27-19-11-5-4-10-18(19)26-21(27)13-6-14-24-23(29)20-12-7-15-30-20/h4-5,10-11,17,20H,1-3,6-9,12-16H2,(H,24,29)(H,25,28). The van der Waals surface area contributed by atoms with Gasteiger partial charge in [0, 0.05) is 25.6 Å². The Morgan fingerprint density at radius 2 is 1.93 bits per heavy atom. The zero-order valence-corrected chi connectivity index (χ0v) is 17.6. The number of carbonyl (C=O) groups excluding carboxylic acids is 2. The van der Waals surface area contributed by atoms with Gasteiger partial charge in [0.05, 0.1) is 11.0 Å². The molecule has 30 heavy (non-hydrogen) atoms. The fourth-order valence-electron chi connectivity index (χ4n) is 4.51. The van der Waals surface area contributed by atoms with Crippen molar-refractivity contribution in [2.45, 2.75) is 76.5 Å². The maximum atomic E-state index is 12.7. The number of imidazole rings is 1. The van der Waals surface area contributed by atoms with Crippen LogP contribution in [-0.4, -0.2) is 46.7 Å². The van der Waals surface area contributed by atoms with Crippen molar-refractivity contribution in [2.75, 3.05) is 13.2 Å². The zero-order valence-electron chi connectivity index (χ0n) is 17.6. The lowest BCUT2D eigenvalue weighted by atomic mass is 9.95. The van der Waals surface area contributed by atoms with Crippen molar-refractivity contribution in [2.24, 2.45) is 0 Å². The molecule has 0 radical (unpaired) electrons. The molecule has 1 atom stereocenters. The quantitative estimate of drug-likeness (QED) is 0.653. The summed E-state index contributed by atoms with van der Waals surface area (Å²) in [6.45, 7) is 1.54. The van der Waals surface area contributed by atoms with Crippen molar-refractivity contribution in [3.63, 3.8) is 0 Å². The van der Waals surface area contributed by atoms with Gasteiger partial charge in [0.25, 0.3) is 0 Å². The molecule has 1 aliphatic carbocycles. The maximum absolute atomic E-state index is 12.7. The topological polar surface area (TPSA) is 85.2 Å². The van der Waals surface area contributed by atoms with Crippen LogP contribution in [0.3, 0.4) is 0 Å². The van der Waals surface area contributed by atoms with E-state index in [2.05, 4.69) is 10.6 Å². The van der Waals surface area contributed by atoms with Crippen LogP contribution in [-0.2, 0) is 27.3 Å². The van der Waals surface area contributed by atoms with Gasteiger partial charge in [0.1, 0.15) is 18.5 Å². The summed E-state index contributed by atoms with van der Waals surface area (Å²) in [6.07, 6.45) is 8.75. The Labute approximate surface area is 177 Å². The second kappa shape index (κ2) is 10.1. The molecule has 1 saturated heterocycles. The first-order valence-electron chi connectivity index (χ1n) is 11.3. The van der Waals surface area contributed by atoms with E-state index in [1.165, 1.54) is 19.3 Å². The molecule has 2 fully saturated rings. The van der Waals surface area contributed by atoms with Gasteiger partial charge in [-0.1, -0.05) is 31.4 Å². The number of benzene rings is 1. The lowest BCUT2D eigenvalue weighted by Gasteiger charge is -2.23. The number of nitrogens with one attached hydrogen (secondary N) is 2. The monoisotopic (exact) mass is 412 g/mol. The molecule has 2 aromatic rings. The Bertz CT molecular complexity index is 866. The molecule has 1 aromatic carbocycles. The third-order valence-corrected chi connectivity index (χ3v) is 6.10. The number of aromatic nitrogens is 2. The number of aryl methyl sites for hydroxylation is 1. The third kappa shape index (κ3) is 5.19. The molecule has 2 N–H and O–H groups in total. The summed E-state index contributed by atoms with van der Waals surface area (Å²) in [5.41, 5.74) is 1.89. The van der Waals surface area contributed by atoms with Crippen molar-refractivity contribution in [1.29, 1.82) is 0 Å². The van der Waals surface area contributed by atoms with E-state index in [-0.39, 0.29) is 24.5 Å². The Hall–Kier alpha value is -2.41. The summed E-state index contributed by atoms with van der Waals surface area (Å²) >= 11 is 0. The van der Waals surface area contributed by atoms with Gasteiger partial charge in [-0.15, -0.1) is 0 Å². The Morgan fingerprint density at radius 3 is 2.73 bits per heavy atom. The summed E-state index contributed by atoms with van der Waals surface area (Å²) in [7, 11) is 0. The van der Waals surface area contributed by atoms with E-state index in [4.69, 9.17) is 9.72 Å². The van der Waals surface area contributed by atoms with E-state index in [1.807, 2.05) is 28.8 Å². The summed E-state index contributed by atoms with van der Waals surface area (Å²) < 4.78 is 7.45. The largest absolute Gasteiger partial charge is 0.368 e. The van der Waals surface area contributed by atoms with Gasteiger partial charge >= 0.3 is 0 Å². The van der Waals surface area contributed by atoms with Crippen molar-refractivity contribution in [3.05, 3.63) is 30.1 Å². The molecule has 7 heteroatoms. The molecule has 1 saturated carbocycles. The summed E-state index contributed by atoms with van der Waals surface area (Å²) in [4.78, 5) is 29.6. The number of para-hydroxylation sites is 2. The first-order valence-corrected chi connectivity index (χ1v) is 11.3. The minimum Gasteiger partial charge on any atom is -0.368 e. The highest BCUT2D eigenvalue weighted by atomic mass is 16.5. The van der Waals surface area contributed by atoms with E-state index >= 15 is 0 Å². The van der Waals surface area contributed by atoms with Gasteiger partial charge in [-0.2, -0.15) is 0 Å². The van der Waals surface area contributed by atoms with Gasteiger partial charge in [-0.3, -0.25) is 9.59 Å². The fourth-order valence-corrected chi connectivity index (χ4v) is 4.51. The Kier molecular flexibility index (Phi) is 7.00. The molecule has 2 heterocycles. The highest BCUT2D eigenvalue weighted by Crippen LogP contribution is 2.19. The molecule has 2 aliphatic rings. The molecule has 0 spiro atoms. The average Bonchev–Trinajstić information content (AvgIpc) is 3.41. The predicted molar refractivity (Wildman–Crippen MR) is 115 cm³/mol. The number of hydrogen-bond acceptors (Lipinski definition) is 4. The van der Waals surface area contributed by atoms with Crippen molar-refractivity contribution in [1.82, 2.24) is 20.2 Å². The van der Waals surface area contributed by atoms with Crippen LogP contribution in [0.1, 0.15) is 57.2 Å². The molecular weight excluding hydrogens is 380 g/mol. The van der Waals surface area contributed by atoms with Crippen LogP contribution >= 0.6 is 0 Å². The van der Waals surface area contributed by atoms with Crippen molar-refractivity contribution < 1.29 is 14.3 Å². The van der Waals surface area contributed by atoms with Gasteiger partial charge in [-0.05, 0) is 44.2 Å². The van der Waals surface area contributed by atoms with Crippen LogP contribution in [0.25, 0.3) is 11.0 Å². The highest BCUT2D eigenvalue weighted by Gasteiger charge is 2.23. The van der Waals surface area contributed by atoms with Crippen LogP contribution in [0.2, 0.25) is 0 Å². The first kappa shape index (κ1) is 20.8. The van der Waals surface area contributed by atoms with E-state index in [1.54, 1.807) is 0 Å².